The molecule has 1 heterocycles. The van der Waals surface area contributed by atoms with Gasteiger partial charge in [0.1, 0.15) is 10.8 Å². The number of benzene rings is 1. The molecule has 3 nitrogen and oxygen atoms in total. The standard InChI is InChI=1S/C11H7BrFNO2S/c1-5-9(11(15)16)14-10(17-5)6-2-3-7(12)8(13)4-6/h2-4H,1H3,(H,15,16). The van der Waals surface area contributed by atoms with E-state index in [1.807, 2.05) is 0 Å². The molecule has 0 bridgehead atoms. The summed E-state index contributed by atoms with van der Waals surface area (Å²) in [5.41, 5.74) is 0.597. The van der Waals surface area contributed by atoms with Crippen LogP contribution in [0.4, 0.5) is 4.39 Å². The zero-order valence-electron chi connectivity index (χ0n) is 8.70. The lowest BCUT2D eigenvalue weighted by molar-refractivity contribution is 0.0690. The van der Waals surface area contributed by atoms with Crippen LogP contribution in [0.5, 0.6) is 0 Å². The predicted molar refractivity (Wildman–Crippen MR) is 66.9 cm³/mol. The number of carbonyl (C=O) groups is 1. The fraction of sp³-hybridized carbons (Fsp3) is 0.0909. The third-order valence-corrected chi connectivity index (χ3v) is 3.83. The second-order valence-corrected chi connectivity index (χ2v) is 5.42. The highest BCUT2D eigenvalue weighted by molar-refractivity contribution is 9.10. The number of aryl methyl sites for hydroxylation is 1. The van der Waals surface area contributed by atoms with E-state index in [0.29, 0.717) is 19.9 Å². The summed E-state index contributed by atoms with van der Waals surface area (Å²) in [6, 6.07) is 4.59. The Balaban J connectivity index is 2.50. The monoisotopic (exact) mass is 315 g/mol. The zero-order valence-corrected chi connectivity index (χ0v) is 11.1. The zero-order chi connectivity index (χ0) is 12.6. The molecule has 1 aromatic heterocycles. The highest BCUT2D eigenvalue weighted by Gasteiger charge is 2.15. The lowest BCUT2D eigenvalue weighted by Crippen LogP contribution is -1.98. The van der Waals surface area contributed by atoms with Gasteiger partial charge in [-0.15, -0.1) is 11.3 Å². The third-order valence-electron chi connectivity index (χ3n) is 2.17. The van der Waals surface area contributed by atoms with Gasteiger partial charge in [0.2, 0.25) is 0 Å². The molecule has 0 saturated carbocycles. The minimum atomic E-state index is -1.07. The van der Waals surface area contributed by atoms with Crippen molar-refractivity contribution in [3.63, 3.8) is 0 Å². The van der Waals surface area contributed by atoms with E-state index in [1.165, 1.54) is 17.4 Å². The molecule has 0 unspecified atom stereocenters. The quantitative estimate of drug-likeness (QED) is 0.919. The van der Waals surface area contributed by atoms with Gasteiger partial charge in [-0.3, -0.25) is 0 Å². The van der Waals surface area contributed by atoms with Crippen LogP contribution in [0.15, 0.2) is 22.7 Å². The first-order chi connectivity index (χ1) is 7.99. The Hall–Kier alpha value is -1.27. The van der Waals surface area contributed by atoms with Gasteiger partial charge in [-0.1, -0.05) is 6.07 Å². The van der Waals surface area contributed by atoms with Crippen molar-refractivity contribution in [3.05, 3.63) is 39.1 Å². The number of rotatable bonds is 2. The minimum Gasteiger partial charge on any atom is -0.476 e. The van der Waals surface area contributed by atoms with Gasteiger partial charge in [0.05, 0.1) is 4.47 Å². The van der Waals surface area contributed by atoms with Crippen LogP contribution in [-0.4, -0.2) is 16.1 Å². The smallest absolute Gasteiger partial charge is 0.355 e. The maximum Gasteiger partial charge on any atom is 0.355 e. The Morgan fingerprint density at radius 1 is 1.53 bits per heavy atom. The largest absolute Gasteiger partial charge is 0.476 e. The van der Waals surface area contributed by atoms with Crippen molar-refractivity contribution in [2.45, 2.75) is 6.92 Å². The molecule has 88 valence electrons. The number of halogens is 2. The maximum atomic E-state index is 13.3. The first-order valence-corrected chi connectivity index (χ1v) is 6.26. The van der Waals surface area contributed by atoms with Crippen LogP contribution in [0.25, 0.3) is 10.6 Å². The van der Waals surface area contributed by atoms with Gasteiger partial charge in [0.15, 0.2) is 5.69 Å². The molecule has 6 heteroatoms. The molecular formula is C11H7BrFNO2S. The number of hydrogen-bond donors (Lipinski definition) is 1. The molecule has 0 atom stereocenters. The molecule has 17 heavy (non-hydrogen) atoms. The molecule has 0 aliphatic heterocycles. The summed E-state index contributed by atoms with van der Waals surface area (Å²) in [7, 11) is 0. The molecule has 0 spiro atoms. The molecule has 1 aromatic carbocycles. The van der Waals surface area contributed by atoms with Crippen LogP contribution in [0.2, 0.25) is 0 Å². The van der Waals surface area contributed by atoms with Crippen LogP contribution in [0, 0.1) is 12.7 Å². The summed E-state index contributed by atoms with van der Waals surface area (Å²) >= 11 is 4.30. The van der Waals surface area contributed by atoms with E-state index in [1.54, 1.807) is 19.1 Å². The van der Waals surface area contributed by atoms with Crippen LogP contribution in [0.1, 0.15) is 15.4 Å². The van der Waals surface area contributed by atoms with E-state index in [9.17, 15) is 9.18 Å². The predicted octanol–water partition coefficient (Wildman–Crippen LogP) is 3.72. The molecule has 0 radical (unpaired) electrons. The van der Waals surface area contributed by atoms with Gasteiger partial charge in [-0.05, 0) is 35.0 Å². The molecule has 0 saturated heterocycles. The Morgan fingerprint density at radius 2 is 2.24 bits per heavy atom. The summed E-state index contributed by atoms with van der Waals surface area (Å²) < 4.78 is 13.7. The van der Waals surface area contributed by atoms with E-state index in [4.69, 9.17) is 5.11 Å². The van der Waals surface area contributed by atoms with E-state index in [0.717, 1.165) is 0 Å². The Bertz CT molecular complexity index is 597. The average Bonchev–Trinajstić information content (AvgIpc) is 2.64. The minimum absolute atomic E-state index is 0.0216. The molecule has 2 rings (SSSR count). The van der Waals surface area contributed by atoms with Crippen molar-refractivity contribution in [2.24, 2.45) is 0 Å². The van der Waals surface area contributed by atoms with Crippen molar-refractivity contribution < 1.29 is 14.3 Å². The summed E-state index contributed by atoms with van der Waals surface area (Å²) in [5.74, 6) is -1.46. The van der Waals surface area contributed by atoms with E-state index in [2.05, 4.69) is 20.9 Å². The Kier molecular flexibility index (Phi) is 3.26. The van der Waals surface area contributed by atoms with Gasteiger partial charge in [-0.25, -0.2) is 14.2 Å². The molecule has 0 aliphatic rings. The van der Waals surface area contributed by atoms with Crippen molar-refractivity contribution in [3.8, 4) is 10.6 Å². The van der Waals surface area contributed by atoms with Crippen LogP contribution in [0.3, 0.4) is 0 Å². The molecule has 0 amide bonds. The third kappa shape index (κ3) is 2.37. The van der Waals surface area contributed by atoms with Gasteiger partial charge < -0.3 is 5.11 Å². The summed E-state index contributed by atoms with van der Waals surface area (Å²) in [6.07, 6.45) is 0. The Labute approximate surface area is 109 Å². The van der Waals surface area contributed by atoms with Crippen molar-refractivity contribution in [1.82, 2.24) is 4.98 Å². The molecule has 0 fully saturated rings. The topological polar surface area (TPSA) is 50.2 Å². The molecule has 0 aliphatic carbocycles. The molecule has 2 aromatic rings. The van der Waals surface area contributed by atoms with E-state index >= 15 is 0 Å². The van der Waals surface area contributed by atoms with Crippen molar-refractivity contribution >= 4 is 33.2 Å². The maximum absolute atomic E-state index is 13.3. The van der Waals surface area contributed by atoms with Gasteiger partial charge >= 0.3 is 5.97 Å². The van der Waals surface area contributed by atoms with Gasteiger partial charge in [0.25, 0.3) is 0 Å². The van der Waals surface area contributed by atoms with E-state index < -0.39 is 11.8 Å². The van der Waals surface area contributed by atoms with Crippen molar-refractivity contribution in [2.75, 3.05) is 0 Å². The van der Waals surface area contributed by atoms with Crippen LogP contribution >= 0.6 is 27.3 Å². The summed E-state index contributed by atoms with van der Waals surface area (Å²) in [5, 5.41) is 9.39. The number of carboxylic acids is 1. The lowest BCUT2D eigenvalue weighted by atomic mass is 10.2. The van der Waals surface area contributed by atoms with E-state index in [-0.39, 0.29) is 5.69 Å². The summed E-state index contributed by atoms with van der Waals surface area (Å²) in [4.78, 5) is 15.4. The number of hydrogen-bond acceptors (Lipinski definition) is 3. The van der Waals surface area contributed by atoms with Gasteiger partial charge in [0, 0.05) is 10.4 Å². The Morgan fingerprint density at radius 3 is 2.76 bits per heavy atom. The highest BCUT2D eigenvalue weighted by Crippen LogP contribution is 2.29. The first kappa shape index (κ1) is 12.2. The number of thiazole rings is 1. The highest BCUT2D eigenvalue weighted by atomic mass is 79.9. The summed E-state index contributed by atoms with van der Waals surface area (Å²) in [6.45, 7) is 1.68. The fourth-order valence-corrected chi connectivity index (χ4v) is 2.50. The van der Waals surface area contributed by atoms with Crippen molar-refractivity contribution in [1.29, 1.82) is 0 Å². The molecular weight excluding hydrogens is 309 g/mol. The number of aromatic carboxylic acids is 1. The second-order valence-electron chi connectivity index (χ2n) is 3.36. The number of nitrogens with zero attached hydrogens (tertiary/aromatic N) is 1. The SMILES string of the molecule is Cc1sc(-c2ccc(Br)c(F)c2)nc1C(=O)O. The molecule has 1 N–H and O–H groups in total. The second kappa shape index (κ2) is 4.54. The number of carboxylic acid groups (broad SMARTS) is 1. The van der Waals surface area contributed by atoms with Crippen LogP contribution < -0.4 is 0 Å². The number of aromatic nitrogens is 1. The van der Waals surface area contributed by atoms with Crippen LogP contribution in [-0.2, 0) is 0 Å². The normalized spacial score (nSPS) is 10.5. The average molecular weight is 316 g/mol. The van der Waals surface area contributed by atoms with Gasteiger partial charge in [-0.2, -0.15) is 0 Å². The fourth-order valence-electron chi connectivity index (χ4n) is 1.35. The lowest BCUT2D eigenvalue weighted by Gasteiger charge is -1.98. The first-order valence-electron chi connectivity index (χ1n) is 4.65.